The van der Waals surface area contributed by atoms with Gasteiger partial charge in [-0.2, -0.15) is 4.98 Å². The monoisotopic (exact) mass is 333 g/mol. The van der Waals surface area contributed by atoms with Crippen molar-refractivity contribution in [1.29, 1.82) is 0 Å². The van der Waals surface area contributed by atoms with E-state index in [2.05, 4.69) is 70.6 Å². The highest BCUT2D eigenvalue weighted by atomic mass is 15.2. The number of rotatable bonds is 6. The van der Waals surface area contributed by atoms with Gasteiger partial charge in [-0.3, -0.25) is 4.98 Å². The lowest BCUT2D eigenvalue weighted by Crippen LogP contribution is -2.14. The molecule has 0 saturated carbocycles. The van der Waals surface area contributed by atoms with Gasteiger partial charge in [0.1, 0.15) is 5.82 Å². The summed E-state index contributed by atoms with van der Waals surface area (Å²) in [5.41, 5.74) is 4.09. The zero-order valence-corrected chi connectivity index (χ0v) is 14.8. The molecule has 0 aliphatic carbocycles. The van der Waals surface area contributed by atoms with Crippen molar-refractivity contribution in [3.63, 3.8) is 0 Å². The minimum Gasteiger partial charge on any atom is -0.366 e. The van der Waals surface area contributed by atoms with Gasteiger partial charge in [0.05, 0.1) is 11.4 Å². The van der Waals surface area contributed by atoms with Gasteiger partial charge in [0, 0.05) is 24.8 Å². The van der Waals surface area contributed by atoms with Crippen LogP contribution < -0.4 is 10.6 Å². The Morgan fingerprint density at radius 1 is 0.960 bits per heavy atom. The molecule has 5 nitrogen and oxygen atoms in total. The normalized spacial score (nSPS) is 10.7. The first-order valence-corrected chi connectivity index (χ1v) is 8.46. The van der Waals surface area contributed by atoms with Crippen molar-refractivity contribution in [2.45, 2.75) is 33.4 Å². The molecule has 0 unspecified atom stereocenters. The average molecular weight is 333 g/mol. The number of hydrogen-bond acceptors (Lipinski definition) is 5. The molecule has 25 heavy (non-hydrogen) atoms. The molecule has 128 valence electrons. The third kappa shape index (κ3) is 4.76. The standard InChI is InChI=1S/C20H23N5/c1-14(2)23-20-24-18(17-6-4-5-11-21-17)12-19(25-20)22-13-16-9-7-15(3)8-10-16/h4-12,14H,13H2,1-3H3,(H2,22,23,24,25). The van der Waals surface area contributed by atoms with Crippen molar-refractivity contribution in [2.75, 3.05) is 10.6 Å². The van der Waals surface area contributed by atoms with Gasteiger partial charge < -0.3 is 10.6 Å². The maximum absolute atomic E-state index is 4.59. The largest absolute Gasteiger partial charge is 0.366 e. The first kappa shape index (κ1) is 16.9. The summed E-state index contributed by atoms with van der Waals surface area (Å²) in [5.74, 6) is 1.38. The third-order valence-electron chi connectivity index (χ3n) is 3.67. The van der Waals surface area contributed by atoms with Crippen LogP contribution in [-0.4, -0.2) is 21.0 Å². The van der Waals surface area contributed by atoms with Crippen molar-refractivity contribution in [3.8, 4) is 11.4 Å². The van der Waals surface area contributed by atoms with Crippen LogP contribution >= 0.6 is 0 Å². The molecule has 0 radical (unpaired) electrons. The molecule has 0 spiro atoms. The van der Waals surface area contributed by atoms with Crippen LogP contribution in [0.1, 0.15) is 25.0 Å². The van der Waals surface area contributed by atoms with E-state index < -0.39 is 0 Å². The van der Waals surface area contributed by atoms with Gasteiger partial charge in [-0.1, -0.05) is 35.9 Å². The van der Waals surface area contributed by atoms with Crippen LogP contribution in [0.5, 0.6) is 0 Å². The Kier molecular flexibility index (Phi) is 5.23. The first-order chi connectivity index (χ1) is 12.1. The molecular formula is C20H23N5. The predicted molar refractivity (Wildman–Crippen MR) is 103 cm³/mol. The Balaban J connectivity index is 1.85. The number of hydrogen-bond donors (Lipinski definition) is 2. The summed E-state index contributed by atoms with van der Waals surface area (Å²) in [7, 11) is 0. The van der Waals surface area contributed by atoms with E-state index in [1.807, 2.05) is 24.3 Å². The minimum absolute atomic E-state index is 0.254. The Morgan fingerprint density at radius 2 is 1.76 bits per heavy atom. The van der Waals surface area contributed by atoms with Gasteiger partial charge in [0.15, 0.2) is 0 Å². The Hall–Kier alpha value is -2.95. The minimum atomic E-state index is 0.254. The summed E-state index contributed by atoms with van der Waals surface area (Å²) >= 11 is 0. The van der Waals surface area contributed by atoms with Crippen molar-refractivity contribution >= 4 is 11.8 Å². The van der Waals surface area contributed by atoms with Gasteiger partial charge >= 0.3 is 0 Å². The second kappa shape index (κ2) is 7.75. The van der Waals surface area contributed by atoms with E-state index in [1.165, 1.54) is 11.1 Å². The molecule has 3 aromatic rings. The van der Waals surface area contributed by atoms with E-state index in [1.54, 1.807) is 6.20 Å². The van der Waals surface area contributed by atoms with E-state index in [4.69, 9.17) is 0 Å². The number of pyridine rings is 1. The maximum Gasteiger partial charge on any atom is 0.225 e. The summed E-state index contributed by atoms with van der Waals surface area (Å²) in [6, 6.07) is 16.5. The number of anilines is 2. The molecule has 2 heterocycles. The quantitative estimate of drug-likeness (QED) is 0.705. The molecule has 0 saturated heterocycles. The van der Waals surface area contributed by atoms with Crippen LogP contribution in [0.15, 0.2) is 54.7 Å². The summed E-state index contributed by atoms with van der Waals surface area (Å²) < 4.78 is 0. The SMILES string of the molecule is Cc1ccc(CNc2cc(-c3ccccn3)nc(NC(C)C)n2)cc1. The predicted octanol–water partition coefficient (Wildman–Crippen LogP) is 4.28. The van der Waals surface area contributed by atoms with E-state index in [0.717, 1.165) is 17.2 Å². The second-order valence-electron chi connectivity index (χ2n) is 6.32. The fourth-order valence-corrected chi connectivity index (χ4v) is 2.40. The maximum atomic E-state index is 4.59. The lowest BCUT2D eigenvalue weighted by molar-refractivity contribution is 0.874. The summed E-state index contributed by atoms with van der Waals surface area (Å²) in [6.07, 6.45) is 1.77. The third-order valence-corrected chi connectivity index (χ3v) is 3.67. The fraction of sp³-hybridized carbons (Fsp3) is 0.250. The van der Waals surface area contributed by atoms with Crippen LogP contribution in [0.3, 0.4) is 0 Å². The Bertz CT molecular complexity index is 813. The van der Waals surface area contributed by atoms with Crippen LogP contribution in [0.25, 0.3) is 11.4 Å². The summed E-state index contributed by atoms with van der Waals surface area (Å²) in [4.78, 5) is 13.5. The molecule has 5 heteroatoms. The zero-order valence-electron chi connectivity index (χ0n) is 14.8. The fourth-order valence-electron chi connectivity index (χ4n) is 2.40. The highest BCUT2D eigenvalue weighted by Crippen LogP contribution is 2.20. The number of nitrogens with one attached hydrogen (secondary N) is 2. The molecule has 3 rings (SSSR count). The molecule has 0 aliphatic heterocycles. The van der Waals surface area contributed by atoms with Crippen LogP contribution in [0.4, 0.5) is 11.8 Å². The lowest BCUT2D eigenvalue weighted by atomic mass is 10.1. The average Bonchev–Trinajstić information content (AvgIpc) is 2.61. The Labute approximate surface area is 148 Å². The first-order valence-electron chi connectivity index (χ1n) is 8.46. The molecule has 0 amide bonds. The summed E-state index contributed by atoms with van der Waals surface area (Å²) in [6.45, 7) is 6.93. The number of nitrogens with zero attached hydrogens (tertiary/aromatic N) is 3. The smallest absolute Gasteiger partial charge is 0.225 e. The van der Waals surface area contributed by atoms with E-state index in [-0.39, 0.29) is 6.04 Å². The van der Waals surface area contributed by atoms with Gasteiger partial charge in [0.25, 0.3) is 0 Å². The van der Waals surface area contributed by atoms with E-state index >= 15 is 0 Å². The number of benzene rings is 1. The van der Waals surface area contributed by atoms with Crippen LogP contribution in [-0.2, 0) is 6.54 Å². The lowest BCUT2D eigenvalue weighted by Gasteiger charge is -2.13. The second-order valence-corrected chi connectivity index (χ2v) is 6.32. The van der Waals surface area contributed by atoms with Crippen molar-refractivity contribution in [2.24, 2.45) is 0 Å². The van der Waals surface area contributed by atoms with Gasteiger partial charge in [-0.25, -0.2) is 4.98 Å². The van der Waals surface area contributed by atoms with Crippen LogP contribution in [0, 0.1) is 6.92 Å². The summed E-state index contributed by atoms with van der Waals surface area (Å²) in [5, 5.41) is 6.66. The molecule has 0 aliphatic rings. The molecular weight excluding hydrogens is 310 g/mol. The highest BCUT2D eigenvalue weighted by Gasteiger charge is 2.08. The van der Waals surface area contributed by atoms with Gasteiger partial charge in [-0.15, -0.1) is 0 Å². The van der Waals surface area contributed by atoms with Crippen molar-refractivity contribution in [1.82, 2.24) is 15.0 Å². The molecule has 2 aromatic heterocycles. The number of aryl methyl sites for hydroxylation is 1. The topological polar surface area (TPSA) is 62.7 Å². The van der Waals surface area contributed by atoms with Gasteiger partial charge in [-0.05, 0) is 38.5 Å². The zero-order chi connectivity index (χ0) is 17.6. The van der Waals surface area contributed by atoms with Crippen molar-refractivity contribution < 1.29 is 0 Å². The molecule has 1 aromatic carbocycles. The number of aromatic nitrogens is 3. The van der Waals surface area contributed by atoms with Gasteiger partial charge in [0.2, 0.25) is 5.95 Å². The highest BCUT2D eigenvalue weighted by molar-refractivity contribution is 5.61. The molecule has 0 atom stereocenters. The molecule has 0 bridgehead atoms. The molecule has 2 N–H and O–H groups in total. The van der Waals surface area contributed by atoms with Crippen LogP contribution in [0.2, 0.25) is 0 Å². The molecule has 0 fully saturated rings. The Morgan fingerprint density at radius 3 is 2.44 bits per heavy atom. The van der Waals surface area contributed by atoms with Crippen molar-refractivity contribution in [3.05, 3.63) is 65.9 Å². The van der Waals surface area contributed by atoms with E-state index in [0.29, 0.717) is 12.5 Å². The van der Waals surface area contributed by atoms with E-state index in [9.17, 15) is 0 Å².